The van der Waals surface area contributed by atoms with Crippen molar-refractivity contribution in [3.8, 4) is 0 Å². The Bertz CT molecular complexity index is 1040. The second kappa shape index (κ2) is 5.99. The van der Waals surface area contributed by atoms with Crippen LogP contribution < -0.4 is 10.9 Å². The SMILES string of the molecule is O=C(O)CNC(=O)c1c(CO)c2cc3cc(Cl)ccc3n2[nH]c1=O. The molecule has 0 saturated heterocycles. The molecule has 0 bridgehead atoms. The van der Waals surface area contributed by atoms with Crippen LogP contribution >= 0.6 is 11.6 Å². The first-order valence-corrected chi connectivity index (χ1v) is 7.27. The molecule has 0 atom stereocenters. The highest BCUT2D eigenvalue weighted by Crippen LogP contribution is 2.25. The molecule has 1 amide bonds. The summed E-state index contributed by atoms with van der Waals surface area (Å²) in [4.78, 5) is 35.0. The molecule has 8 nitrogen and oxygen atoms in total. The number of nitrogens with zero attached hydrogens (tertiary/aromatic N) is 1. The molecule has 1 aromatic carbocycles. The molecule has 0 spiro atoms. The van der Waals surface area contributed by atoms with Crippen molar-refractivity contribution in [2.45, 2.75) is 6.61 Å². The normalized spacial score (nSPS) is 11.1. The van der Waals surface area contributed by atoms with Crippen molar-refractivity contribution in [2.75, 3.05) is 6.54 Å². The Hall–Kier alpha value is -2.84. The lowest BCUT2D eigenvalue weighted by molar-refractivity contribution is -0.135. The fraction of sp³-hybridized carbons (Fsp3) is 0.133. The number of fused-ring (bicyclic) bond motifs is 3. The van der Waals surface area contributed by atoms with Gasteiger partial charge in [0.25, 0.3) is 11.5 Å². The lowest BCUT2D eigenvalue weighted by atomic mass is 10.1. The molecule has 0 unspecified atom stereocenters. The second-order valence-electron chi connectivity index (χ2n) is 5.10. The van der Waals surface area contributed by atoms with E-state index in [1.807, 2.05) is 0 Å². The minimum Gasteiger partial charge on any atom is -0.480 e. The summed E-state index contributed by atoms with van der Waals surface area (Å²) in [6.45, 7) is -1.19. The van der Waals surface area contributed by atoms with E-state index in [2.05, 4.69) is 10.4 Å². The Labute approximate surface area is 139 Å². The molecule has 4 N–H and O–H groups in total. The van der Waals surface area contributed by atoms with E-state index in [-0.39, 0.29) is 11.1 Å². The maximum absolute atomic E-state index is 12.3. The Morgan fingerprint density at radius 2 is 2.00 bits per heavy atom. The van der Waals surface area contributed by atoms with Crippen molar-refractivity contribution in [1.29, 1.82) is 0 Å². The summed E-state index contributed by atoms with van der Waals surface area (Å²) in [5.74, 6) is -2.11. The van der Waals surface area contributed by atoms with E-state index >= 15 is 0 Å². The van der Waals surface area contributed by atoms with E-state index in [1.54, 1.807) is 24.3 Å². The Morgan fingerprint density at radius 3 is 2.67 bits per heavy atom. The van der Waals surface area contributed by atoms with Crippen molar-refractivity contribution in [3.05, 3.63) is 50.8 Å². The van der Waals surface area contributed by atoms with Crippen LogP contribution in [0, 0.1) is 0 Å². The van der Waals surface area contributed by atoms with Crippen molar-refractivity contribution in [1.82, 2.24) is 14.9 Å². The molecule has 0 radical (unpaired) electrons. The summed E-state index contributed by atoms with van der Waals surface area (Å²) in [5, 5.41) is 24.2. The maximum atomic E-state index is 12.3. The topological polar surface area (TPSA) is 124 Å². The Kier molecular flexibility index (Phi) is 4.00. The number of aliphatic hydroxyl groups is 1. The summed E-state index contributed by atoms with van der Waals surface area (Å²) < 4.78 is 1.45. The minimum absolute atomic E-state index is 0.106. The van der Waals surface area contributed by atoms with Crippen molar-refractivity contribution in [3.63, 3.8) is 0 Å². The number of amides is 1. The summed E-state index contributed by atoms with van der Waals surface area (Å²) in [6, 6.07) is 6.72. The van der Waals surface area contributed by atoms with Gasteiger partial charge in [0.1, 0.15) is 12.1 Å². The molecule has 0 fully saturated rings. The van der Waals surface area contributed by atoms with Gasteiger partial charge in [0.05, 0.1) is 17.6 Å². The number of carboxylic acids is 1. The van der Waals surface area contributed by atoms with E-state index in [1.165, 1.54) is 4.52 Å². The van der Waals surface area contributed by atoms with Crippen LogP contribution in [0.3, 0.4) is 0 Å². The molecular formula is C15H12ClN3O5. The number of halogens is 1. The van der Waals surface area contributed by atoms with Gasteiger partial charge in [0.15, 0.2) is 0 Å². The fourth-order valence-corrected chi connectivity index (χ4v) is 2.78. The van der Waals surface area contributed by atoms with Gasteiger partial charge >= 0.3 is 5.97 Å². The van der Waals surface area contributed by atoms with Gasteiger partial charge in [0.2, 0.25) is 0 Å². The Morgan fingerprint density at radius 1 is 1.25 bits per heavy atom. The molecule has 0 aliphatic heterocycles. The maximum Gasteiger partial charge on any atom is 0.322 e. The number of H-pyrrole nitrogens is 1. The van der Waals surface area contributed by atoms with Crippen LogP contribution in [-0.2, 0) is 11.4 Å². The number of aromatic nitrogens is 2. The van der Waals surface area contributed by atoms with Gasteiger partial charge in [-0.2, -0.15) is 0 Å². The molecule has 2 heterocycles. The molecule has 0 saturated carbocycles. The first-order chi connectivity index (χ1) is 11.4. The molecule has 3 aromatic rings. The quantitative estimate of drug-likeness (QED) is 0.553. The van der Waals surface area contributed by atoms with Crippen molar-refractivity contribution >= 4 is 39.9 Å². The van der Waals surface area contributed by atoms with E-state index in [0.29, 0.717) is 16.1 Å². The number of nitrogens with one attached hydrogen (secondary N) is 2. The lowest BCUT2D eigenvalue weighted by Crippen LogP contribution is -2.35. The number of aromatic amines is 1. The van der Waals surface area contributed by atoms with E-state index < -0.39 is 30.6 Å². The standard InChI is InChI=1S/C15H12ClN3O5/c16-8-1-2-10-7(3-8)4-11-9(6-20)13(15(24)18-19(10)11)14(23)17-5-12(21)22/h1-4,20H,5-6H2,(H,17,23)(H,18,24)(H,21,22). The number of aliphatic hydroxyl groups excluding tert-OH is 1. The second-order valence-corrected chi connectivity index (χ2v) is 5.53. The van der Waals surface area contributed by atoms with E-state index in [9.17, 15) is 19.5 Å². The summed E-state index contributed by atoms with van der Waals surface area (Å²) in [7, 11) is 0. The lowest BCUT2D eigenvalue weighted by Gasteiger charge is -2.09. The number of carboxylic acid groups (broad SMARTS) is 1. The number of hydrogen-bond donors (Lipinski definition) is 4. The average Bonchev–Trinajstić information content (AvgIpc) is 2.88. The van der Waals surface area contributed by atoms with Crippen molar-refractivity contribution < 1.29 is 19.8 Å². The monoisotopic (exact) mass is 349 g/mol. The number of carbonyl (C=O) groups is 2. The van der Waals surface area contributed by atoms with Gasteiger partial charge in [-0.1, -0.05) is 11.6 Å². The summed E-state index contributed by atoms with van der Waals surface area (Å²) in [6.07, 6.45) is 0. The third-order valence-corrected chi connectivity index (χ3v) is 3.84. The molecule has 9 heteroatoms. The van der Waals surface area contributed by atoms with Crippen molar-refractivity contribution in [2.24, 2.45) is 0 Å². The fourth-order valence-electron chi connectivity index (χ4n) is 2.60. The molecule has 124 valence electrons. The van der Waals surface area contributed by atoms with Crippen LogP contribution in [0.4, 0.5) is 0 Å². The van der Waals surface area contributed by atoms with Crippen LogP contribution in [0.5, 0.6) is 0 Å². The van der Waals surface area contributed by atoms with Gasteiger partial charge in [0, 0.05) is 16.0 Å². The molecular weight excluding hydrogens is 338 g/mol. The largest absolute Gasteiger partial charge is 0.480 e. The van der Waals surface area contributed by atoms with E-state index in [4.69, 9.17) is 16.7 Å². The molecule has 2 aromatic heterocycles. The number of aliphatic carboxylic acids is 1. The summed E-state index contributed by atoms with van der Waals surface area (Å²) >= 11 is 5.95. The molecule has 0 aliphatic carbocycles. The molecule has 0 aliphatic rings. The smallest absolute Gasteiger partial charge is 0.322 e. The van der Waals surface area contributed by atoms with Crippen LogP contribution in [0.2, 0.25) is 5.02 Å². The highest BCUT2D eigenvalue weighted by Gasteiger charge is 2.21. The number of carbonyl (C=O) groups excluding carboxylic acids is 1. The van der Waals surface area contributed by atoms with Crippen LogP contribution in [-0.4, -0.2) is 38.2 Å². The third-order valence-electron chi connectivity index (χ3n) is 3.60. The average molecular weight is 350 g/mol. The van der Waals surface area contributed by atoms with Gasteiger partial charge in [-0.3, -0.25) is 24.0 Å². The molecule has 24 heavy (non-hydrogen) atoms. The number of rotatable bonds is 4. The zero-order valence-corrected chi connectivity index (χ0v) is 12.9. The van der Waals surface area contributed by atoms with Gasteiger partial charge in [-0.15, -0.1) is 0 Å². The van der Waals surface area contributed by atoms with Crippen LogP contribution in [0.1, 0.15) is 15.9 Å². The zero-order valence-electron chi connectivity index (χ0n) is 12.2. The highest BCUT2D eigenvalue weighted by atomic mass is 35.5. The first kappa shape index (κ1) is 16.0. The zero-order chi connectivity index (χ0) is 17.4. The van der Waals surface area contributed by atoms with Gasteiger partial charge in [-0.05, 0) is 24.3 Å². The van der Waals surface area contributed by atoms with Crippen LogP contribution in [0.25, 0.3) is 16.4 Å². The van der Waals surface area contributed by atoms with Gasteiger partial charge < -0.3 is 15.5 Å². The van der Waals surface area contributed by atoms with E-state index in [0.717, 1.165) is 5.39 Å². The highest BCUT2D eigenvalue weighted by molar-refractivity contribution is 6.31. The Balaban J connectivity index is 2.25. The van der Waals surface area contributed by atoms with Crippen LogP contribution in [0.15, 0.2) is 29.1 Å². The predicted octanol–water partition coefficient (Wildman–Crippen LogP) is 0.741. The third kappa shape index (κ3) is 2.61. The number of benzene rings is 1. The predicted molar refractivity (Wildman–Crippen MR) is 86.4 cm³/mol. The first-order valence-electron chi connectivity index (χ1n) is 6.89. The van der Waals surface area contributed by atoms with Gasteiger partial charge in [-0.25, -0.2) is 0 Å². The molecule has 3 rings (SSSR count). The summed E-state index contributed by atoms with van der Waals surface area (Å²) in [5.41, 5.74) is 0.129. The number of hydrogen-bond acceptors (Lipinski definition) is 4. The minimum atomic E-state index is -1.24.